The monoisotopic (exact) mass is 276 g/mol. The molecule has 2 rings (SSSR count). The second-order valence-corrected chi connectivity index (χ2v) is 5.17. The number of amides is 1. The van der Waals surface area contributed by atoms with Crippen molar-refractivity contribution in [2.75, 3.05) is 20.1 Å². The van der Waals surface area contributed by atoms with E-state index in [2.05, 4.69) is 10.2 Å². The third kappa shape index (κ3) is 3.57. The predicted molar refractivity (Wildman–Crippen MR) is 75.5 cm³/mol. The van der Waals surface area contributed by atoms with Gasteiger partial charge in [0.1, 0.15) is 0 Å². The molecular weight excluding hydrogens is 256 g/mol. The highest BCUT2D eigenvalue weighted by Gasteiger charge is 2.23. The van der Waals surface area contributed by atoms with Gasteiger partial charge < -0.3 is 10.4 Å². The van der Waals surface area contributed by atoms with Gasteiger partial charge in [-0.2, -0.15) is 0 Å². The number of carboxylic acids is 1. The topological polar surface area (TPSA) is 69.6 Å². The molecule has 5 heteroatoms. The Morgan fingerprint density at radius 1 is 1.25 bits per heavy atom. The van der Waals surface area contributed by atoms with Gasteiger partial charge in [0.15, 0.2) is 0 Å². The number of hydrogen-bond acceptors (Lipinski definition) is 3. The normalized spacial score (nSPS) is 16.9. The minimum absolute atomic E-state index is 0.130. The third-order valence-corrected chi connectivity index (χ3v) is 3.81. The van der Waals surface area contributed by atoms with Crippen LogP contribution in [0.1, 0.15) is 28.8 Å². The lowest BCUT2D eigenvalue weighted by atomic mass is 9.95. The molecule has 0 aromatic heterocycles. The lowest BCUT2D eigenvalue weighted by Crippen LogP contribution is -2.39. The van der Waals surface area contributed by atoms with E-state index in [1.807, 2.05) is 12.1 Å². The van der Waals surface area contributed by atoms with E-state index in [4.69, 9.17) is 5.11 Å². The Balaban J connectivity index is 1.86. The van der Waals surface area contributed by atoms with E-state index < -0.39 is 5.97 Å². The zero-order valence-electron chi connectivity index (χ0n) is 11.6. The van der Waals surface area contributed by atoms with E-state index in [9.17, 15) is 9.59 Å². The Bertz CT molecular complexity index is 476. The molecule has 5 nitrogen and oxygen atoms in total. The van der Waals surface area contributed by atoms with Gasteiger partial charge in [-0.05, 0) is 43.6 Å². The van der Waals surface area contributed by atoms with Crippen LogP contribution in [0.15, 0.2) is 24.3 Å². The van der Waals surface area contributed by atoms with Crippen molar-refractivity contribution in [3.63, 3.8) is 0 Å². The number of aromatic carboxylic acids is 1. The summed E-state index contributed by atoms with van der Waals surface area (Å²) in [5, 5.41) is 11.6. The average Bonchev–Trinajstić information content (AvgIpc) is 2.48. The van der Waals surface area contributed by atoms with E-state index in [1.54, 1.807) is 19.2 Å². The minimum Gasteiger partial charge on any atom is -0.478 e. The number of benzene rings is 1. The molecule has 1 aromatic carbocycles. The second kappa shape index (κ2) is 6.52. The van der Waals surface area contributed by atoms with E-state index >= 15 is 0 Å². The molecule has 0 aliphatic carbocycles. The summed E-state index contributed by atoms with van der Waals surface area (Å²) in [6.07, 6.45) is 1.76. The molecule has 0 unspecified atom stereocenters. The van der Waals surface area contributed by atoms with E-state index in [1.165, 1.54) is 0 Å². The van der Waals surface area contributed by atoms with E-state index in [0.29, 0.717) is 5.56 Å². The molecule has 0 saturated carbocycles. The first kappa shape index (κ1) is 14.5. The lowest BCUT2D eigenvalue weighted by molar-refractivity contribution is -0.125. The highest BCUT2D eigenvalue weighted by molar-refractivity contribution is 5.87. The van der Waals surface area contributed by atoms with Crippen molar-refractivity contribution in [3.05, 3.63) is 35.4 Å². The van der Waals surface area contributed by atoms with Crippen molar-refractivity contribution < 1.29 is 14.7 Å². The Hall–Kier alpha value is -1.88. The lowest BCUT2D eigenvalue weighted by Gasteiger charge is -2.31. The molecule has 1 fully saturated rings. The van der Waals surface area contributed by atoms with Crippen molar-refractivity contribution in [2.24, 2.45) is 5.92 Å². The highest BCUT2D eigenvalue weighted by Crippen LogP contribution is 2.19. The van der Waals surface area contributed by atoms with Gasteiger partial charge in [-0.15, -0.1) is 0 Å². The molecule has 1 aliphatic heterocycles. The standard InChI is InChI=1S/C15H20N2O3/c1-16-14(18)12-6-8-17(9-7-12)10-11-2-4-13(5-3-11)15(19)20/h2-5,12H,6-10H2,1H3,(H,16,18)(H,19,20). The highest BCUT2D eigenvalue weighted by atomic mass is 16.4. The molecule has 0 spiro atoms. The number of nitrogens with zero attached hydrogens (tertiary/aromatic N) is 1. The summed E-state index contributed by atoms with van der Waals surface area (Å²) in [5.74, 6) is -0.635. The fourth-order valence-corrected chi connectivity index (χ4v) is 2.57. The number of carbonyl (C=O) groups is 2. The van der Waals surface area contributed by atoms with Gasteiger partial charge in [0, 0.05) is 19.5 Å². The van der Waals surface area contributed by atoms with Crippen LogP contribution in [0.25, 0.3) is 0 Å². The molecule has 0 bridgehead atoms. The van der Waals surface area contributed by atoms with Crippen LogP contribution < -0.4 is 5.32 Å². The predicted octanol–water partition coefficient (Wildman–Crippen LogP) is 1.34. The van der Waals surface area contributed by atoms with Gasteiger partial charge in [0.25, 0.3) is 0 Å². The summed E-state index contributed by atoms with van der Waals surface area (Å²) in [5.41, 5.74) is 1.42. The number of nitrogens with one attached hydrogen (secondary N) is 1. The second-order valence-electron chi connectivity index (χ2n) is 5.17. The number of likely N-dealkylation sites (tertiary alicyclic amines) is 1. The number of carboxylic acid groups (broad SMARTS) is 1. The van der Waals surface area contributed by atoms with Crippen LogP contribution in [0.2, 0.25) is 0 Å². The number of piperidine rings is 1. The summed E-state index contributed by atoms with van der Waals surface area (Å²) in [6, 6.07) is 6.98. The van der Waals surface area contributed by atoms with Crippen LogP contribution >= 0.6 is 0 Å². The zero-order chi connectivity index (χ0) is 14.5. The van der Waals surface area contributed by atoms with Gasteiger partial charge in [0.05, 0.1) is 5.56 Å². The Morgan fingerprint density at radius 3 is 2.35 bits per heavy atom. The molecule has 1 heterocycles. The van der Waals surface area contributed by atoms with Gasteiger partial charge in [-0.1, -0.05) is 12.1 Å². The van der Waals surface area contributed by atoms with Crippen molar-refractivity contribution >= 4 is 11.9 Å². The quantitative estimate of drug-likeness (QED) is 0.870. The Kier molecular flexibility index (Phi) is 4.74. The van der Waals surface area contributed by atoms with Crippen LogP contribution in [0, 0.1) is 5.92 Å². The first-order valence-electron chi connectivity index (χ1n) is 6.86. The first-order valence-corrected chi connectivity index (χ1v) is 6.86. The van der Waals surface area contributed by atoms with Crippen molar-refractivity contribution in [3.8, 4) is 0 Å². The fourth-order valence-electron chi connectivity index (χ4n) is 2.57. The molecule has 1 aliphatic rings. The maximum absolute atomic E-state index is 11.5. The fraction of sp³-hybridized carbons (Fsp3) is 0.467. The number of hydrogen-bond donors (Lipinski definition) is 2. The van der Waals surface area contributed by atoms with Gasteiger partial charge in [0.2, 0.25) is 5.91 Å². The summed E-state index contributed by atoms with van der Waals surface area (Å²) >= 11 is 0. The molecule has 0 atom stereocenters. The largest absolute Gasteiger partial charge is 0.478 e. The Morgan fingerprint density at radius 2 is 1.85 bits per heavy atom. The molecule has 108 valence electrons. The SMILES string of the molecule is CNC(=O)C1CCN(Cc2ccc(C(=O)O)cc2)CC1. The van der Waals surface area contributed by atoms with Crippen molar-refractivity contribution in [2.45, 2.75) is 19.4 Å². The first-order chi connectivity index (χ1) is 9.60. The van der Waals surface area contributed by atoms with Gasteiger partial charge in [-0.25, -0.2) is 4.79 Å². The van der Waals surface area contributed by atoms with E-state index in [0.717, 1.165) is 38.0 Å². The maximum Gasteiger partial charge on any atom is 0.335 e. The van der Waals surface area contributed by atoms with Crippen molar-refractivity contribution in [1.82, 2.24) is 10.2 Å². The van der Waals surface area contributed by atoms with Gasteiger partial charge in [-0.3, -0.25) is 9.69 Å². The molecule has 20 heavy (non-hydrogen) atoms. The molecule has 0 radical (unpaired) electrons. The zero-order valence-corrected chi connectivity index (χ0v) is 11.6. The molecule has 1 saturated heterocycles. The van der Waals surface area contributed by atoms with Crippen LogP contribution in [-0.2, 0) is 11.3 Å². The summed E-state index contributed by atoms with van der Waals surface area (Å²) in [6.45, 7) is 2.61. The third-order valence-electron chi connectivity index (χ3n) is 3.81. The Labute approximate surface area is 118 Å². The number of rotatable bonds is 4. The minimum atomic E-state index is -0.900. The van der Waals surface area contributed by atoms with Crippen LogP contribution in [0.3, 0.4) is 0 Å². The summed E-state index contributed by atoms with van der Waals surface area (Å²) < 4.78 is 0. The van der Waals surface area contributed by atoms with Gasteiger partial charge >= 0.3 is 5.97 Å². The summed E-state index contributed by atoms with van der Waals surface area (Å²) in [4.78, 5) is 24.6. The number of carbonyl (C=O) groups excluding carboxylic acids is 1. The molecule has 1 amide bonds. The van der Waals surface area contributed by atoms with Crippen LogP contribution in [-0.4, -0.2) is 42.0 Å². The molecule has 2 N–H and O–H groups in total. The van der Waals surface area contributed by atoms with E-state index in [-0.39, 0.29) is 11.8 Å². The smallest absolute Gasteiger partial charge is 0.335 e. The van der Waals surface area contributed by atoms with Crippen molar-refractivity contribution in [1.29, 1.82) is 0 Å². The van der Waals surface area contributed by atoms with Crippen LogP contribution in [0.5, 0.6) is 0 Å². The molecular formula is C15H20N2O3. The average molecular weight is 276 g/mol. The molecule has 1 aromatic rings. The summed E-state index contributed by atoms with van der Waals surface area (Å²) in [7, 11) is 1.68. The van der Waals surface area contributed by atoms with Crippen LogP contribution in [0.4, 0.5) is 0 Å². The maximum atomic E-state index is 11.5.